The number of amides is 1. The van der Waals surface area contributed by atoms with Gasteiger partial charge in [0.2, 0.25) is 0 Å². The van der Waals surface area contributed by atoms with E-state index < -0.39 is 11.7 Å². The molecule has 0 saturated carbocycles. The fraction of sp³-hybridized carbons (Fsp3) is 0.476. The number of furan rings is 1. The number of carbonyl (C=O) groups is 1. The van der Waals surface area contributed by atoms with E-state index in [2.05, 4.69) is 10.2 Å². The van der Waals surface area contributed by atoms with Crippen molar-refractivity contribution in [1.29, 1.82) is 0 Å². The Balaban J connectivity index is 1.37. The van der Waals surface area contributed by atoms with Gasteiger partial charge in [-0.3, -0.25) is 9.69 Å². The second kappa shape index (κ2) is 9.99. The molecular weight excluding hydrogens is 399 g/mol. The number of carbonyl (C=O) groups excluding carboxylic acids is 1. The summed E-state index contributed by atoms with van der Waals surface area (Å²) in [5.74, 6) is 0.602. The number of nitrogens with one attached hydrogen (secondary N) is 1. The summed E-state index contributed by atoms with van der Waals surface area (Å²) >= 11 is 0. The lowest BCUT2D eigenvalue weighted by atomic mass is 10.1. The van der Waals surface area contributed by atoms with Crippen LogP contribution in [0.1, 0.15) is 28.3 Å². The second-order valence-corrected chi connectivity index (χ2v) is 7.19. The molecule has 2 heterocycles. The quantitative estimate of drug-likeness (QED) is 0.657. The molecular formula is C21H26F3N3O3. The van der Waals surface area contributed by atoms with E-state index in [1.54, 1.807) is 25.3 Å². The maximum absolute atomic E-state index is 12.9. The fourth-order valence-electron chi connectivity index (χ4n) is 3.42. The number of methoxy groups -OCH3 is 1. The molecule has 9 heteroatoms. The van der Waals surface area contributed by atoms with E-state index in [0.29, 0.717) is 37.7 Å². The highest BCUT2D eigenvalue weighted by Gasteiger charge is 2.31. The molecule has 0 aliphatic carbocycles. The minimum Gasteiger partial charge on any atom is -0.453 e. The van der Waals surface area contributed by atoms with Crippen LogP contribution in [0.15, 0.2) is 40.8 Å². The molecule has 3 rings (SSSR count). The molecule has 1 amide bonds. The number of anilines is 1. The minimum atomic E-state index is -4.33. The third kappa shape index (κ3) is 5.99. The molecule has 1 N–H and O–H groups in total. The molecule has 1 saturated heterocycles. The number of ether oxygens (including phenoxy) is 1. The topological polar surface area (TPSA) is 58.0 Å². The summed E-state index contributed by atoms with van der Waals surface area (Å²) in [5, 5.41) is 2.83. The molecule has 1 aromatic heterocycles. The summed E-state index contributed by atoms with van der Waals surface area (Å²) in [5.41, 5.74) is -0.0212. The van der Waals surface area contributed by atoms with Crippen LogP contribution in [-0.2, 0) is 17.5 Å². The molecule has 0 spiro atoms. The zero-order chi connectivity index (χ0) is 21.6. The summed E-state index contributed by atoms with van der Waals surface area (Å²) in [7, 11) is 1.56. The van der Waals surface area contributed by atoms with Crippen molar-refractivity contribution in [2.24, 2.45) is 0 Å². The lowest BCUT2D eigenvalue weighted by Gasteiger charge is -2.36. The van der Waals surface area contributed by atoms with E-state index in [0.717, 1.165) is 32.1 Å². The summed E-state index contributed by atoms with van der Waals surface area (Å²) < 4.78 is 49.1. The molecule has 0 bridgehead atoms. The van der Waals surface area contributed by atoms with Gasteiger partial charge in [0.1, 0.15) is 12.4 Å². The van der Waals surface area contributed by atoms with Gasteiger partial charge in [-0.2, -0.15) is 13.2 Å². The van der Waals surface area contributed by atoms with Crippen LogP contribution in [0.4, 0.5) is 18.9 Å². The SMILES string of the molecule is COCc1ccc(C(=O)NCCCN2CCN(c3cccc(C(F)(F)F)c3)CC2)o1. The smallest absolute Gasteiger partial charge is 0.416 e. The molecule has 164 valence electrons. The van der Waals surface area contributed by atoms with E-state index in [9.17, 15) is 18.0 Å². The predicted octanol–water partition coefficient (Wildman–Crippen LogP) is 3.39. The number of hydrogen-bond acceptors (Lipinski definition) is 5. The first-order valence-corrected chi connectivity index (χ1v) is 9.87. The van der Waals surface area contributed by atoms with Crippen molar-refractivity contribution in [2.45, 2.75) is 19.2 Å². The van der Waals surface area contributed by atoms with E-state index in [4.69, 9.17) is 9.15 Å². The van der Waals surface area contributed by atoms with Gasteiger partial charge in [0.05, 0.1) is 5.56 Å². The first-order chi connectivity index (χ1) is 14.4. The number of halogens is 3. The van der Waals surface area contributed by atoms with Crippen molar-refractivity contribution < 1.29 is 27.1 Å². The summed E-state index contributed by atoms with van der Waals surface area (Å²) in [6.45, 7) is 4.52. The van der Waals surface area contributed by atoms with Crippen LogP contribution in [0.3, 0.4) is 0 Å². The molecule has 2 aromatic rings. The van der Waals surface area contributed by atoms with Gasteiger partial charge < -0.3 is 19.4 Å². The van der Waals surface area contributed by atoms with E-state index >= 15 is 0 Å². The van der Waals surface area contributed by atoms with Crippen LogP contribution in [0.5, 0.6) is 0 Å². The van der Waals surface area contributed by atoms with Crippen LogP contribution < -0.4 is 10.2 Å². The lowest BCUT2D eigenvalue weighted by molar-refractivity contribution is -0.137. The Labute approximate surface area is 173 Å². The third-order valence-electron chi connectivity index (χ3n) is 5.02. The molecule has 1 aliphatic rings. The van der Waals surface area contributed by atoms with Crippen molar-refractivity contribution in [1.82, 2.24) is 10.2 Å². The summed E-state index contributed by atoms with van der Waals surface area (Å²) in [4.78, 5) is 16.3. The Morgan fingerprint density at radius 2 is 1.93 bits per heavy atom. The average molecular weight is 425 g/mol. The lowest BCUT2D eigenvalue weighted by Crippen LogP contribution is -2.47. The molecule has 1 aliphatic heterocycles. The van der Waals surface area contributed by atoms with Gasteiger partial charge >= 0.3 is 6.18 Å². The number of rotatable bonds is 8. The monoisotopic (exact) mass is 425 g/mol. The highest BCUT2D eigenvalue weighted by Crippen LogP contribution is 2.31. The zero-order valence-corrected chi connectivity index (χ0v) is 16.9. The van der Waals surface area contributed by atoms with Crippen LogP contribution in [0.2, 0.25) is 0 Å². The van der Waals surface area contributed by atoms with Crippen molar-refractivity contribution >= 4 is 11.6 Å². The Hall–Kier alpha value is -2.52. The van der Waals surface area contributed by atoms with Crippen LogP contribution in [-0.4, -0.2) is 57.2 Å². The summed E-state index contributed by atoms with van der Waals surface area (Å²) in [6.07, 6.45) is -3.55. The van der Waals surface area contributed by atoms with Gasteiger partial charge in [0, 0.05) is 45.5 Å². The molecule has 1 aromatic carbocycles. The van der Waals surface area contributed by atoms with E-state index in [1.165, 1.54) is 12.1 Å². The number of benzene rings is 1. The molecule has 0 unspecified atom stereocenters. The van der Waals surface area contributed by atoms with Gasteiger partial charge in [0.15, 0.2) is 5.76 Å². The van der Waals surface area contributed by atoms with Crippen LogP contribution in [0, 0.1) is 0 Å². The van der Waals surface area contributed by atoms with Crippen molar-refractivity contribution in [3.05, 3.63) is 53.5 Å². The first kappa shape index (κ1) is 22.2. The highest BCUT2D eigenvalue weighted by atomic mass is 19.4. The van der Waals surface area contributed by atoms with Crippen LogP contribution in [0.25, 0.3) is 0 Å². The number of nitrogens with zero attached hydrogens (tertiary/aromatic N) is 2. The molecule has 0 radical (unpaired) electrons. The number of piperazine rings is 1. The zero-order valence-electron chi connectivity index (χ0n) is 16.9. The normalized spacial score (nSPS) is 15.4. The fourth-order valence-corrected chi connectivity index (χ4v) is 3.42. The van der Waals surface area contributed by atoms with Crippen LogP contribution >= 0.6 is 0 Å². The van der Waals surface area contributed by atoms with Crippen molar-refractivity contribution in [3.63, 3.8) is 0 Å². The second-order valence-electron chi connectivity index (χ2n) is 7.19. The Kier molecular flexibility index (Phi) is 7.38. The number of hydrogen-bond donors (Lipinski definition) is 1. The highest BCUT2D eigenvalue weighted by molar-refractivity contribution is 5.91. The van der Waals surface area contributed by atoms with E-state index in [1.807, 2.05) is 4.90 Å². The Morgan fingerprint density at radius 1 is 1.17 bits per heavy atom. The van der Waals surface area contributed by atoms with Gasteiger partial charge in [0.25, 0.3) is 5.91 Å². The van der Waals surface area contributed by atoms with Gasteiger partial charge in [-0.15, -0.1) is 0 Å². The Bertz CT molecular complexity index is 830. The third-order valence-corrected chi connectivity index (χ3v) is 5.02. The molecule has 1 fully saturated rings. The van der Waals surface area contributed by atoms with E-state index in [-0.39, 0.29) is 11.7 Å². The summed E-state index contributed by atoms with van der Waals surface area (Å²) in [6, 6.07) is 8.80. The van der Waals surface area contributed by atoms with Crippen molar-refractivity contribution in [3.8, 4) is 0 Å². The van der Waals surface area contributed by atoms with Gasteiger partial charge in [-0.1, -0.05) is 6.07 Å². The van der Waals surface area contributed by atoms with Crippen molar-refractivity contribution in [2.75, 3.05) is 51.3 Å². The van der Waals surface area contributed by atoms with Gasteiger partial charge in [-0.25, -0.2) is 0 Å². The predicted molar refractivity (Wildman–Crippen MR) is 106 cm³/mol. The Morgan fingerprint density at radius 3 is 2.63 bits per heavy atom. The first-order valence-electron chi connectivity index (χ1n) is 9.87. The largest absolute Gasteiger partial charge is 0.453 e. The standard InChI is InChI=1S/C21H26F3N3O3/c1-29-15-18-6-7-19(30-18)20(28)25-8-3-9-26-10-12-27(13-11-26)17-5-2-4-16(14-17)21(22,23)24/h2,4-7,14H,3,8-13,15H2,1H3,(H,25,28). The molecule has 30 heavy (non-hydrogen) atoms. The maximum atomic E-state index is 12.9. The average Bonchev–Trinajstić information content (AvgIpc) is 3.20. The molecule has 0 atom stereocenters. The minimum absolute atomic E-state index is 0.258. The molecule has 6 nitrogen and oxygen atoms in total. The maximum Gasteiger partial charge on any atom is 0.416 e. The number of alkyl halides is 3. The van der Waals surface area contributed by atoms with Gasteiger partial charge in [-0.05, 0) is 43.3 Å².